The summed E-state index contributed by atoms with van der Waals surface area (Å²) in [6, 6.07) is 14.1. The molecule has 0 radical (unpaired) electrons. The summed E-state index contributed by atoms with van der Waals surface area (Å²) < 4.78 is 17.6. The summed E-state index contributed by atoms with van der Waals surface area (Å²) in [5.41, 5.74) is 2.79. The molecule has 3 N–H and O–H groups in total. The number of likely N-dealkylation sites (N-methyl/N-ethyl adjacent to an activating group) is 1. The lowest BCUT2D eigenvalue weighted by atomic mass is 9.93. The lowest BCUT2D eigenvalue weighted by Crippen LogP contribution is -2.48. The van der Waals surface area contributed by atoms with Gasteiger partial charge in [-0.1, -0.05) is 32.3 Å². The van der Waals surface area contributed by atoms with Crippen molar-refractivity contribution >= 4 is 88.5 Å². The Labute approximate surface area is 362 Å². The molecule has 3 saturated heterocycles. The van der Waals surface area contributed by atoms with Gasteiger partial charge in [-0.3, -0.25) is 15.0 Å². The van der Waals surface area contributed by atoms with E-state index in [4.69, 9.17) is 13.7 Å². The van der Waals surface area contributed by atoms with Gasteiger partial charge in [-0.2, -0.15) is 0 Å². The maximum atomic E-state index is 13.9. The average molecular weight is 874 g/mol. The molecule has 5 aromatic rings. The van der Waals surface area contributed by atoms with Crippen molar-refractivity contribution < 1.29 is 28.1 Å². The first-order valence-electron chi connectivity index (χ1n) is 19.9. The first-order chi connectivity index (χ1) is 27.0. The Kier molecular flexibility index (Phi) is 15.0. The number of piperidine rings is 2. The van der Waals surface area contributed by atoms with Crippen molar-refractivity contribution in [2.75, 3.05) is 70.0 Å². The molecule has 0 saturated carbocycles. The lowest BCUT2D eigenvalue weighted by Gasteiger charge is -2.39. The molecule has 3 fully saturated rings. The smallest absolute Gasteiger partial charge is 0.415 e. The van der Waals surface area contributed by atoms with Crippen LogP contribution >= 0.6 is 37.2 Å². The number of carbonyl (C=O) groups is 3. The Morgan fingerprint density at radius 2 is 1.59 bits per heavy atom. The van der Waals surface area contributed by atoms with E-state index in [0.29, 0.717) is 65.4 Å². The summed E-state index contributed by atoms with van der Waals surface area (Å²) in [6.07, 6.45) is 5.43. The molecule has 14 nitrogen and oxygen atoms in total. The van der Waals surface area contributed by atoms with Crippen molar-refractivity contribution in [1.29, 1.82) is 0 Å². The Morgan fingerprint density at radius 3 is 2.29 bits per heavy atom. The fraction of sp³-hybridized carbons (Fsp3) is 0.476. The molecule has 0 spiro atoms. The minimum absolute atomic E-state index is 0. The Balaban J connectivity index is 0.00000220. The van der Waals surface area contributed by atoms with Crippen LogP contribution < -0.4 is 15.4 Å². The molecule has 0 aliphatic carbocycles. The monoisotopic (exact) mass is 872 g/mol. The molecule has 0 bridgehead atoms. The molecular formula is C42H55Cl3N8O6. The Morgan fingerprint density at radius 1 is 0.864 bits per heavy atom. The minimum atomic E-state index is -0.481. The van der Waals surface area contributed by atoms with Gasteiger partial charge in [0.1, 0.15) is 17.1 Å². The third kappa shape index (κ3) is 10.5. The number of rotatable bonds is 8. The largest absolute Gasteiger partial charge is 0.453 e. The molecule has 59 heavy (non-hydrogen) atoms. The van der Waals surface area contributed by atoms with Crippen LogP contribution in [0.1, 0.15) is 80.4 Å². The molecule has 0 atom stereocenters. The maximum absolute atomic E-state index is 13.9. The van der Waals surface area contributed by atoms with E-state index < -0.39 is 6.03 Å². The van der Waals surface area contributed by atoms with E-state index in [1.54, 1.807) is 30.3 Å². The number of aromatic amines is 1. The third-order valence-electron chi connectivity index (χ3n) is 11.4. The van der Waals surface area contributed by atoms with E-state index in [2.05, 4.69) is 42.5 Å². The molecule has 8 rings (SSSR count). The van der Waals surface area contributed by atoms with Crippen LogP contribution in [0, 0.1) is 0 Å². The van der Waals surface area contributed by atoms with Crippen LogP contribution in [-0.4, -0.2) is 113 Å². The predicted octanol–water partition coefficient (Wildman–Crippen LogP) is 8.54. The van der Waals surface area contributed by atoms with Crippen LogP contribution in [0.15, 0.2) is 57.5 Å². The quantitative estimate of drug-likeness (QED) is 0.129. The highest BCUT2D eigenvalue weighted by molar-refractivity contribution is 6.11. The normalized spacial score (nSPS) is 17.2. The van der Waals surface area contributed by atoms with E-state index in [1.807, 2.05) is 43.9 Å². The summed E-state index contributed by atoms with van der Waals surface area (Å²) in [4.78, 5) is 52.7. The van der Waals surface area contributed by atoms with Gasteiger partial charge in [0.2, 0.25) is 5.78 Å². The van der Waals surface area contributed by atoms with E-state index in [-0.39, 0.29) is 60.3 Å². The summed E-state index contributed by atoms with van der Waals surface area (Å²) in [5.74, 6) is 1.33. The maximum Gasteiger partial charge on any atom is 0.415 e. The summed E-state index contributed by atoms with van der Waals surface area (Å²) in [7, 11) is 2.12. The number of nitrogens with one attached hydrogen (secondary N) is 3. The highest BCUT2D eigenvalue weighted by Crippen LogP contribution is 2.33. The predicted molar refractivity (Wildman–Crippen MR) is 236 cm³/mol. The zero-order valence-corrected chi connectivity index (χ0v) is 36.5. The molecule has 3 aliphatic heterocycles. The third-order valence-corrected chi connectivity index (χ3v) is 11.4. The number of carbonyl (C=O) groups excluding carboxylic acids is 3. The van der Waals surface area contributed by atoms with Gasteiger partial charge in [0, 0.05) is 90.9 Å². The van der Waals surface area contributed by atoms with Crippen LogP contribution in [0.25, 0.3) is 21.9 Å². The van der Waals surface area contributed by atoms with Gasteiger partial charge in [0.25, 0.3) is 0 Å². The van der Waals surface area contributed by atoms with Gasteiger partial charge in [0.05, 0.1) is 5.69 Å². The number of fused-ring (bicyclic) bond motifs is 2. The highest BCUT2D eigenvalue weighted by atomic mass is 35.5. The van der Waals surface area contributed by atoms with Crippen molar-refractivity contribution in [3.63, 3.8) is 0 Å². The summed E-state index contributed by atoms with van der Waals surface area (Å²) in [6.45, 7) is 13.9. The number of aromatic nitrogens is 2. The van der Waals surface area contributed by atoms with Crippen molar-refractivity contribution in [2.24, 2.45) is 0 Å². The van der Waals surface area contributed by atoms with E-state index in [0.717, 1.165) is 68.6 Å². The molecule has 2 aromatic carbocycles. The van der Waals surface area contributed by atoms with Crippen LogP contribution in [-0.2, 0) is 12.0 Å². The number of nitrogens with zero attached hydrogens (tertiary/aromatic N) is 5. The number of urea groups is 1. The molecular weight excluding hydrogens is 819 g/mol. The Hall–Kier alpha value is -4.31. The Bertz CT molecular complexity index is 2230. The molecule has 6 heterocycles. The fourth-order valence-electron chi connectivity index (χ4n) is 8.04. The van der Waals surface area contributed by atoms with E-state index >= 15 is 0 Å². The van der Waals surface area contributed by atoms with E-state index in [9.17, 15) is 14.4 Å². The lowest BCUT2D eigenvalue weighted by molar-refractivity contribution is 0.0874. The number of H-pyrrole nitrogens is 1. The van der Waals surface area contributed by atoms with Crippen molar-refractivity contribution in [1.82, 2.24) is 29.7 Å². The number of hydrogen-bond acceptors (Lipinski definition) is 10. The number of piperazine rings is 1. The van der Waals surface area contributed by atoms with Crippen LogP contribution in [0.4, 0.5) is 21.1 Å². The zero-order valence-electron chi connectivity index (χ0n) is 34.0. The second kappa shape index (κ2) is 19.4. The zero-order chi connectivity index (χ0) is 39.0. The summed E-state index contributed by atoms with van der Waals surface area (Å²) >= 11 is 0. The second-order valence-electron chi connectivity index (χ2n) is 16.5. The van der Waals surface area contributed by atoms with Crippen LogP contribution in [0.5, 0.6) is 5.75 Å². The number of halogens is 3. The summed E-state index contributed by atoms with van der Waals surface area (Å²) in [5, 5.41) is 10.9. The van der Waals surface area contributed by atoms with Crippen molar-refractivity contribution in [3.8, 4) is 5.75 Å². The molecule has 3 aliphatic rings. The van der Waals surface area contributed by atoms with Crippen molar-refractivity contribution in [2.45, 2.75) is 70.9 Å². The number of amides is 3. The SMILES string of the molecule is CN1CCN(Cc2c(OC(=O)N3CCC(N4CCCCC4)CC3)ccc3[nH]c(C(=O)c4cc5cc(NC(=O)Nc6cc(C(C)(C)C)on6)ccc5o4)cc23)CC1.Cl.Cl.Cl. The molecule has 0 unspecified atom stereocenters. The number of ether oxygens (including phenoxy) is 1. The van der Waals surface area contributed by atoms with E-state index in [1.165, 1.54) is 19.3 Å². The first-order valence-corrected chi connectivity index (χ1v) is 19.9. The van der Waals surface area contributed by atoms with Gasteiger partial charge in [-0.05, 0) is 88.3 Å². The highest BCUT2D eigenvalue weighted by Gasteiger charge is 2.30. The topological polar surface area (TPSA) is 152 Å². The fourth-order valence-corrected chi connectivity index (χ4v) is 8.04. The minimum Gasteiger partial charge on any atom is -0.453 e. The number of hydrogen-bond donors (Lipinski definition) is 3. The van der Waals surface area contributed by atoms with Crippen LogP contribution in [0.2, 0.25) is 0 Å². The van der Waals surface area contributed by atoms with Gasteiger partial charge in [0.15, 0.2) is 11.6 Å². The first kappa shape index (κ1) is 45.8. The van der Waals surface area contributed by atoms with Gasteiger partial charge >= 0.3 is 12.1 Å². The number of furan rings is 1. The molecule has 3 aromatic heterocycles. The number of likely N-dealkylation sites (tertiary alicyclic amines) is 2. The van der Waals surface area contributed by atoms with Gasteiger partial charge in [-0.15, -0.1) is 37.2 Å². The standard InChI is InChI=1S/C42H52N8O6.3ClH/c1-42(2,3)37-25-38(46-56-37)45-40(52)43-28-8-10-34-27(22-28)23-36(54-34)39(51)33-24-30-31(26-48-20-18-47(4)19-21-48)35(11-9-32(30)44-33)55-41(53)50-16-12-29(13-17-50)49-14-6-5-7-15-49;;;/h8-11,22-25,29,44H,5-7,12-21,26H2,1-4H3,(H2,43,45,46,52);3*1H. The second-order valence-corrected chi connectivity index (χ2v) is 16.5. The molecule has 3 amide bonds. The van der Waals surface area contributed by atoms with Crippen LogP contribution in [0.3, 0.4) is 0 Å². The average Bonchev–Trinajstić information content (AvgIpc) is 3.95. The van der Waals surface area contributed by atoms with Crippen molar-refractivity contribution in [3.05, 3.63) is 71.3 Å². The van der Waals surface area contributed by atoms with Gasteiger partial charge in [-0.25, -0.2) is 9.59 Å². The number of ketones is 1. The molecule has 17 heteroatoms. The van der Waals surface area contributed by atoms with Gasteiger partial charge < -0.3 is 38.7 Å². The molecule has 320 valence electrons. The number of benzene rings is 2. The number of anilines is 2.